The number of amides is 2. The van der Waals surface area contributed by atoms with Crippen LogP contribution in [0.4, 0.5) is 5.69 Å². The van der Waals surface area contributed by atoms with Crippen LogP contribution in [0.2, 0.25) is 5.02 Å². The van der Waals surface area contributed by atoms with Crippen LogP contribution in [-0.2, 0) is 19.1 Å². The van der Waals surface area contributed by atoms with E-state index in [1.165, 1.54) is 19.9 Å². The van der Waals surface area contributed by atoms with Crippen LogP contribution in [0.1, 0.15) is 25.0 Å². The Balaban J connectivity index is 2.11. The van der Waals surface area contributed by atoms with Gasteiger partial charge >= 0.3 is 5.97 Å². The first-order valence-electron chi connectivity index (χ1n) is 8.59. The number of benzene rings is 2. The minimum Gasteiger partial charge on any atom is -0.448 e. The largest absolute Gasteiger partial charge is 0.448 e. The van der Waals surface area contributed by atoms with Gasteiger partial charge in [0.15, 0.2) is 6.10 Å². The Morgan fingerprint density at radius 1 is 1.07 bits per heavy atom. The summed E-state index contributed by atoms with van der Waals surface area (Å²) in [4.78, 5) is 36.3. The van der Waals surface area contributed by atoms with Crippen LogP contribution in [0, 0.1) is 6.92 Å². The molecule has 0 aliphatic heterocycles. The molecule has 146 valence electrons. The van der Waals surface area contributed by atoms with Gasteiger partial charge in [-0.2, -0.15) is 0 Å². The van der Waals surface area contributed by atoms with E-state index in [0.717, 1.165) is 0 Å². The first-order valence-corrected chi connectivity index (χ1v) is 8.97. The van der Waals surface area contributed by atoms with Crippen LogP contribution in [0.25, 0.3) is 6.08 Å². The molecule has 0 spiro atoms. The summed E-state index contributed by atoms with van der Waals surface area (Å²) < 4.78 is 5.22. The van der Waals surface area contributed by atoms with Crippen molar-refractivity contribution in [3.05, 3.63) is 70.4 Å². The number of hydrogen-bond acceptors (Lipinski definition) is 4. The molecule has 0 aliphatic carbocycles. The highest BCUT2D eigenvalue weighted by Gasteiger charge is 2.22. The van der Waals surface area contributed by atoms with Crippen LogP contribution in [0.3, 0.4) is 0 Å². The molecular weight excluding hydrogens is 380 g/mol. The molecule has 0 unspecified atom stereocenters. The first-order chi connectivity index (χ1) is 13.3. The summed E-state index contributed by atoms with van der Waals surface area (Å²) in [6, 6.07) is 14.1. The third-order valence-electron chi connectivity index (χ3n) is 3.82. The van der Waals surface area contributed by atoms with Gasteiger partial charge in [0.1, 0.15) is 5.70 Å². The Morgan fingerprint density at radius 2 is 1.75 bits per heavy atom. The predicted molar refractivity (Wildman–Crippen MR) is 109 cm³/mol. The van der Waals surface area contributed by atoms with Crippen LogP contribution in [0.15, 0.2) is 54.2 Å². The lowest BCUT2D eigenvalue weighted by Gasteiger charge is -2.16. The Morgan fingerprint density at radius 3 is 2.39 bits per heavy atom. The molecule has 0 saturated heterocycles. The van der Waals surface area contributed by atoms with E-state index >= 15 is 0 Å². The summed E-state index contributed by atoms with van der Waals surface area (Å²) in [5.41, 5.74) is 1.88. The number of ether oxygens (including phenoxy) is 1. The molecule has 0 aliphatic rings. The van der Waals surface area contributed by atoms with Crippen molar-refractivity contribution >= 4 is 41.1 Å². The smallest absolute Gasteiger partial charge is 0.355 e. The fourth-order valence-electron chi connectivity index (χ4n) is 2.31. The second-order valence-electron chi connectivity index (χ2n) is 6.10. The molecule has 0 fully saturated rings. The zero-order valence-electron chi connectivity index (χ0n) is 15.8. The standard InChI is InChI=1S/C21H21ClN2O4/c1-13-17(22)10-7-11-18(13)24-20(26)14(2)28-21(27)19(23-15(3)25)12-16-8-5-4-6-9-16/h4-12,14H,1-3H3,(H,23,25)(H,24,26)/b19-12-/t14-/m0/s1. The molecule has 2 aromatic carbocycles. The molecule has 28 heavy (non-hydrogen) atoms. The van der Waals surface area contributed by atoms with Crippen molar-refractivity contribution in [2.75, 3.05) is 5.32 Å². The van der Waals surface area contributed by atoms with Gasteiger partial charge in [-0.3, -0.25) is 9.59 Å². The zero-order valence-corrected chi connectivity index (χ0v) is 16.5. The minimum atomic E-state index is -1.08. The number of esters is 1. The molecule has 0 radical (unpaired) electrons. The number of nitrogens with one attached hydrogen (secondary N) is 2. The normalized spacial score (nSPS) is 12.1. The van der Waals surface area contributed by atoms with E-state index < -0.39 is 23.9 Å². The lowest BCUT2D eigenvalue weighted by molar-refractivity contribution is -0.149. The van der Waals surface area contributed by atoms with E-state index in [9.17, 15) is 14.4 Å². The predicted octanol–water partition coefficient (Wildman–Crippen LogP) is 3.70. The molecule has 2 aromatic rings. The average Bonchev–Trinajstić information content (AvgIpc) is 2.65. The maximum atomic E-state index is 12.5. The molecule has 2 N–H and O–H groups in total. The summed E-state index contributed by atoms with van der Waals surface area (Å²) in [5.74, 6) is -1.75. The second-order valence-corrected chi connectivity index (χ2v) is 6.51. The first kappa shape index (κ1) is 21.2. The van der Waals surface area contributed by atoms with E-state index in [4.69, 9.17) is 16.3 Å². The number of anilines is 1. The summed E-state index contributed by atoms with van der Waals surface area (Å²) in [6.45, 7) is 4.50. The number of halogens is 1. The van der Waals surface area contributed by atoms with E-state index in [1.807, 2.05) is 6.07 Å². The summed E-state index contributed by atoms with van der Waals surface area (Å²) in [6.07, 6.45) is 0.397. The Bertz CT molecular complexity index is 910. The van der Waals surface area contributed by atoms with Crippen molar-refractivity contribution in [1.29, 1.82) is 0 Å². The van der Waals surface area contributed by atoms with Crippen molar-refractivity contribution in [3.63, 3.8) is 0 Å². The molecule has 2 amide bonds. The van der Waals surface area contributed by atoms with Gasteiger partial charge < -0.3 is 15.4 Å². The molecule has 6 nitrogen and oxygen atoms in total. The molecule has 0 saturated carbocycles. The van der Waals surface area contributed by atoms with Crippen molar-refractivity contribution in [2.45, 2.75) is 26.9 Å². The fraction of sp³-hybridized carbons (Fsp3) is 0.190. The van der Waals surface area contributed by atoms with Gasteiger partial charge in [0, 0.05) is 17.6 Å². The molecule has 2 rings (SSSR count). The van der Waals surface area contributed by atoms with E-state index in [2.05, 4.69) is 10.6 Å². The highest BCUT2D eigenvalue weighted by atomic mass is 35.5. The third-order valence-corrected chi connectivity index (χ3v) is 4.23. The average molecular weight is 401 g/mol. The van der Waals surface area contributed by atoms with Crippen molar-refractivity contribution in [3.8, 4) is 0 Å². The number of rotatable bonds is 6. The molecule has 0 aromatic heterocycles. The second kappa shape index (κ2) is 9.71. The lowest BCUT2D eigenvalue weighted by Crippen LogP contribution is -2.34. The highest BCUT2D eigenvalue weighted by molar-refractivity contribution is 6.31. The molecular formula is C21H21ClN2O4. The SMILES string of the molecule is CC(=O)N/C(=C\c1ccccc1)C(=O)O[C@@H](C)C(=O)Nc1cccc(Cl)c1C. The molecule has 0 bridgehead atoms. The zero-order chi connectivity index (χ0) is 20.7. The van der Waals surface area contributed by atoms with Gasteiger partial charge in [-0.15, -0.1) is 0 Å². The van der Waals surface area contributed by atoms with Crippen molar-refractivity contribution in [1.82, 2.24) is 5.32 Å². The summed E-state index contributed by atoms with van der Waals surface area (Å²) in [7, 11) is 0. The lowest BCUT2D eigenvalue weighted by atomic mass is 10.2. The summed E-state index contributed by atoms with van der Waals surface area (Å²) >= 11 is 6.04. The van der Waals surface area contributed by atoms with Gasteiger partial charge in [0.25, 0.3) is 5.91 Å². The van der Waals surface area contributed by atoms with Crippen LogP contribution < -0.4 is 10.6 Å². The van der Waals surface area contributed by atoms with E-state index in [0.29, 0.717) is 21.8 Å². The van der Waals surface area contributed by atoms with Crippen molar-refractivity contribution < 1.29 is 19.1 Å². The van der Waals surface area contributed by atoms with Crippen LogP contribution in [0.5, 0.6) is 0 Å². The quantitative estimate of drug-likeness (QED) is 0.572. The monoisotopic (exact) mass is 400 g/mol. The van der Waals surface area contributed by atoms with Gasteiger partial charge in [-0.1, -0.05) is 48.0 Å². The van der Waals surface area contributed by atoms with E-state index in [1.54, 1.807) is 49.4 Å². The van der Waals surface area contributed by atoms with Crippen LogP contribution in [-0.4, -0.2) is 23.9 Å². The Kier molecular flexibility index (Phi) is 7.35. The van der Waals surface area contributed by atoms with Gasteiger partial charge in [0.05, 0.1) is 0 Å². The number of carbonyl (C=O) groups excluding carboxylic acids is 3. The maximum Gasteiger partial charge on any atom is 0.355 e. The summed E-state index contributed by atoms with van der Waals surface area (Å²) in [5, 5.41) is 5.63. The van der Waals surface area contributed by atoms with Gasteiger partial charge in [-0.05, 0) is 43.2 Å². The van der Waals surface area contributed by atoms with Gasteiger partial charge in [0.2, 0.25) is 5.91 Å². The molecule has 1 atom stereocenters. The molecule has 7 heteroatoms. The Hall–Kier alpha value is -3.12. The molecule has 0 heterocycles. The third kappa shape index (κ3) is 5.96. The topological polar surface area (TPSA) is 84.5 Å². The Labute approximate surface area is 168 Å². The number of hydrogen-bond donors (Lipinski definition) is 2. The number of carbonyl (C=O) groups is 3. The highest BCUT2D eigenvalue weighted by Crippen LogP contribution is 2.23. The minimum absolute atomic E-state index is 0.0581. The fourth-order valence-corrected chi connectivity index (χ4v) is 2.48. The van der Waals surface area contributed by atoms with Crippen molar-refractivity contribution in [2.24, 2.45) is 0 Å². The van der Waals surface area contributed by atoms with E-state index in [-0.39, 0.29) is 5.70 Å². The van der Waals surface area contributed by atoms with Crippen LogP contribution >= 0.6 is 11.6 Å². The van der Waals surface area contributed by atoms with Gasteiger partial charge in [-0.25, -0.2) is 4.79 Å². The maximum absolute atomic E-state index is 12.5.